The van der Waals surface area contributed by atoms with Gasteiger partial charge in [-0.2, -0.15) is 8.42 Å². The van der Waals surface area contributed by atoms with Gasteiger partial charge in [0, 0.05) is 6.54 Å². The summed E-state index contributed by atoms with van der Waals surface area (Å²) in [4.78, 5) is 0. The Kier molecular flexibility index (Phi) is 4.15. The van der Waals surface area contributed by atoms with E-state index in [4.69, 9.17) is 4.18 Å². The van der Waals surface area contributed by atoms with Crippen LogP contribution in [0, 0.1) is 0 Å². The van der Waals surface area contributed by atoms with Crippen LogP contribution in [0.25, 0.3) is 0 Å². The van der Waals surface area contributed by atoms with Crippen molar-refractivity contribution in [3.05, 3.63) is 35.9 Å². The predicted molar refractivity (Wildman–Crippen MR) is 66.3 cm³/mol. The first kappa shape index (κ1) is 12.5. The number of nitrogens with one attached hydrogen (secondary N) is 1. The Morgan fingerprint density at radius 3 is 2.71 bits per heavy atom. The molecule has 1 fully saturated rings. The minimum absolute atomic E-state index is 0.0491. The first-order valence-electron chi connectivity index (χ1n) is 5.81. The Labute approximate surface area is 102 Å². The van der Waals surface area contributed by atoms with Crippen molar-refractivity contribution in [1.29, 1.82) is 0 Å². The molecule has 1 aliphatic rings. The van der Waals surface area contributed by atoms with E-state index < -0.39 is 10.1 Å². The van der Waals surface area contributed by atoms with E-state index >= 15 is 0 Å². The van der Waals surface area contributed by atoms with Gasteiger partial charge in [-0.3, -0.25) is 4.18 Å². The van der Waals surface area contributed by atoms with Gasteiger partial charge >= 0.3 is 0 Å². The van der Waals surface area contributed by atoms with Gasteiger partial charge in [0.15, 0.2) is 0 Å². The van der Waals surface area contributed by atoms with Crippen LogP contribution in [0.3, 0.4) is 0 Å². The summed E-state index contributed by atoms with van der Waals surface area (Å²) in [6.45, 7) is 1.46. The van der Waals surface area contributed by atoms with E-state index in [1.165, 1.54) is 0 Å². The first-order valence-corrected chi connectivity index (χ1v) is 7.39. The third kappa shape index (κ3) is 4.11. The van der Waals surface area contributed by atoms with Crippen molar-refractivity contribution in [2.24, 2.45) is 0 Å². The zero-order valence-electron chi connectivity index (χ0n) is 9.63. The van der Waals surface area contributed by atoms with Gasteiger partial charge in [0.2, 0.25) is 0 Å². The van der Waals surface area contributed by atoms with Gasteiger partial charge in [-0.1, -0.05) is 30.3 Å². The summed E-state index contributed by atoms with van der Waals surface area (Å²) in [5.41, 5.74) is 1.02. The van der Waals surface area contributed by atoms with Crippen molar-refractivity contribution in [3.8, 4) is 0 Å². The number of hydrogen-bond donors (Lipinski definition) is 1. The minimum atomic E-state index is -3.40. The lowest BCUT2D eigenvalue weighted by Crippen LogP contribution is -2.23. The molecule has 1 saturated heterocycles. The van der Waals surface area contributed by atoms with Gasteiger partial charge in [0.1, 0.15) is 0 Å². The monoisotopic (exact) mass is 255 g/mol. The second-order valence-electron chi connectivity index (χ2n) is 4.21. The summed E-state index contributed by atoms with van der Waals surface area (Å²) < 4.78 is 28.5. The van der Waals surface area contributed by atoms with E-state index in [0.29, 0.717) is 13.0 Å². The topological polar surface area (TPSA) is 55.4 Å². The molecule has 1 N–H and O–H groups in total. The van der Waals surface area contributed by atoms with E-state index in [2.05, 4.69) is 5.32 Å². The fourth-order valence-electron chi connectivity index (χ4n) is 1.85. The lowest BCUT2D eigenvalue weighted by molar-refractivity contribution is 0.230. The molecule has 1 aliphatic heterocycles. The second-order valence-corrected chi connectivity index (χ2v) is 5.92. The Morgan fingerprint density at radius 1 is 1.29 bits per heavy atom. The summed E-state index contributed by atoms with van der Waals surface area (Å²) in [5.74, 6) is 0.0491. The van der Waals surface area contributed by atoms with Crippen LogP contribution in [-0.4, -0.2) is 33.4 Å². The highest BCUT2D eigenvalue weighted by Crippen LogP contribution is 2.10. The number of hydrogen-bond acceptors (Lipinski definition) is 4. The normalized spacial score (nSPS) is 20.6. The SMILES string of the molecule is O=S(=O)(CCc1ccccc1)OC1CCNC1. The van der Waals surface area contributed by atoms with Gasteiger partial charge in [-0.25, -0.2) is 0 Å². The molecule has 1 heterocycles. The van der Waals surface area contributed by atoms with Crippen LogP contribution in [-0.2, 0) is 20.7 Å². The van der Waals surface area contributed by atoms with Gasteiger partial charge in [-0.15, -0.1) is 0 Å². The van der Waals surface area contributed by atoms with E-state index in [-0.39, 0.29) is 11.9 Å². The maximum atomic E-state index is 11.7. The largest absolute Gasteiger partial charge is 0.314 e. The van der Waals surface area contributed by atoms with Crippen LogP contribution >= 0.6 is 0 Å². The molecule has 1 aromatic carbocycles. The molecule has 1 aromatic rings. The Balaban J connectivity index is 1.85. The second kappa shape index (κ2) is 5.62. The summed E-state index contributed by atoms with van der Waals surface area (Å²) in [5, 5.41) is 3.08. The smallest absolute Gasteiger partial charge is 0.267 e. The zero-order chi connectivity index (χ0) is 12.1. The van der Waals surface area contributed by atoms with Gasteiger partial charge < -0.3 is 5.32 Å². The third-order valence-corrected chi connectivity index (χ3v) is 4.05. The molecule has 94 valence electrons. The van der Waals surface area contributed by atoms with Crippen molar-refractivity contribution >= 4 is 10.1 Å². The molecule has 0 saturated carbocycles. The quantitative estimate of drug-likeness (QED) is 0.796. The van der Waals surface area contributed by atoms with Crippen molar-refractivity contribution in [2.45, 2.75) is 18.9 Å². The van der Waals surface area contributed by atoms with Crippen LogP contribution in [0.2, 0.25) is 0 Å². The van der Waals surface area contributed by atoms with Crippen molar-refractivity contribution in [2.75, 3.05) is 18.8 Å². The summed E-state index contributed by atoms with van der Waals surface area (Å²) in [7, 11) is -3.40. The maximum absolute atomic E-state index is 11.7. The summed E-state index contributed by atoms with van der Waals surface area (Å²) in [6.07, 6.45) is 1.09. The molecule has 0 amide bonds. The van der Waals surface area contributed by atoms with Crippen molar-refractivity contribution in [3.63, 3.8) is 0 Å². The average molecular weight is 255 g/mol. The van der Waals surface area contributed by atoms with Crippen LogP contribution < -0.4 is 5.32 Å². The van der Waals surface area contributed by atoms with E-state index in [1.807, 2.05) is 30.3 Å². The number of rotatable bonds is 5. The molecule has 1 unspecified atom stereocenters. The molecule has 17 heavy (non-hydrogen) atoms. The summed E-state index contributed by atoms with van der Waals surface area (Å²) in [6, 6.07) is 9.57. The highest BCUT2D eigenvalue weighted by molar-refractivity contribution is 7.86. The van der Waals surface area contributed by atoms with E-state index in [9.17, 15) is 8.42 Å². The van der Waals surface area contributed by atoms with Gasteiger partial charge in [0.25, 0.3) is 10.1 Å². The van der Waals surface area contributed by atoms with Crippen LogP contribution in [0.1, 0.15) is 12.0 Å². The molecule has 2 rings (SSSR count). The highest BCUT2D eigenvalue weighted by atomic mass is 32.2. The molecule has 4 nitrogen and oxygen atoms in total. The molecule has 0 bridgehead atoms. The molecule has 0 aromatic heterocycles. The molecule has 0 spiro atoms. The van der Waals surface area contributed by atoms with Crippen molar-refractivity contribution < 1.29 is 12.6 Å². The predicted octanol–water partition coefficient (Wildman–Crippen LogP) is 0.937. The van der Waals surface area contributed by atoms with E-state index in [0.717, 1.165) is 18.5 Å². The Bertz CT molecular complexity index is 438. The lowest BCUT2D eigenvalue weighted by Gasteiger charge is -2.10. The fraction of sp³-hybridized carbons (Fsp3) is 0.500. The number of aryl methyl sites for hydroxylation is 1. The van der Waals surface area contributed by atoms with E-state index in [1.54, 1.807) is 0 Å². The third-order valence-electron chi connectivity index (χ3n) is 2.78. The molecule has 5 heteroatoms. The Morgan fingerprint density at radius 2 is 2.06 bits per heavy atom. The lowest BCUT2D eigenvalue weighted by atomic mass is 10.2. The minimum Gasteiger partial charge on any atom is -0.314 e. The first-order chi connectivity index (χ1) is 8.16. The molecule has 1 atom stereocenters. The zero-order valence-corrected chi connectivity index (χ0v) is 10.4. The van der Waals surface area contributed by atoms with Crippen molar-refractivity contribution in [1.82, 2.24) is 5.32 Å². The number of benzene rings is 1. The molecular formula is C12H17NO3S. The Hall–Kier alpha value is -0.910. The standard InChI is InChI=1S/C12H17NO3S/c14-17(15,16-12-6-8-13-10-12)9-7-11-4-2-1-3-5-11/h1-5,12-13H,6-10H2. The highest BCUT2D eigenvalue weighted by Gasteiger charge is 2.22. The summed E-state index contributed by atoms with van der Waals surface area (Å²) >= 11 is 0. The van der Waals surface area contributed by atoms with Gasteiger partial charge in [0.05, 0.1) is 11.9 Å². The molecule has 0 aliphatic carbocycles. The van der Waals surface area contributed by atoms with Crippen LogP contribution in [0.4, 0.5) is 0 Å². The fourth-order valence-corrected chi connectivity index (χ4v) is 3.01. The van der Waals surface area contributed by atoms with Crippen LogP contribution in [0.5, 0.6) is 0 Å². The maximum Gasteiger partial charge on any atom is 0.267 e. The van der Waals surface area contributed by atoms with Crippen LogP contribution in [0.15, 0.2) is 30.3 Å². The molecule has 0 radical (unpaired) electrons. The average Bonchev–Trinajstić information content (AvgIpc) is 2.80. The van der Waals surface area contributed by atoms with Gasteiger partial charge in [-0.05, 0) is 24.9 Å². The molecular weight excluding hydrogens is 238 g/mol.